The van der Waals surface area contributed by atoms with Crippen molar-refractivity contribution in [1.29, 1.82) is 5.26 Å². The third-order valence-corrected chi connectivity index (χ3v) is 6.13. The van der Waals surface area contributed by atoms with E-state index in [0.29, 0.717) is 19.1 Å². The molecule has 6 heteroatoms. The lowest BCUT2D eigenvalue weighted by molar-refractivity contribution is 0.00723. The summed E-state index contributed by atoms with van der Waals surface area (Å²) in [5.74, 6) is 0.803. The molecular formula is C23H33N3O3. The summed E-state index contributed by atoms with van der Waals surface area (Å²) in [6.07, 6.45) is 3.48. The van der Waals surface area contributed by atoms with Crippen LogP contribution in [0.4, 0.5) is 4.79 Å². The van der Waals surface area contributed by atoms with Crippen molar-refractivity contribution in [2.75, 3.05) is 33.3 Å². The molecule has 1 saturated heterocycles. The smallest absolute Gasteiger partial charge is 0.410 e. The number of benzene rings is 1. The van der Waals surface area contributed by atoms with E-state index in [4.69, 9.17) is 9.47 Å². The number of methoxy groups -OCH3 is 1. The number of nitrogens with zero attached hydrogens (tertiary/aromatic N) is 3. The Morgan fingerprint density at radius 3 is 2.38 bits per heavy atom. The molecule has 2 aliphatic rings. The summed E-state index contributed by atoms with van der Waals surface area (Å²) in [6, 6.07) is 11.0. The van der Waals surface area contributed by atoms with E-state index < -0.39 is 11.0 Å². The van der Waals surface area contributed by atoms with Crippen LogP contribution >= 0.6 is 0 Å². The summed E-state index contributed by atoms with van der Waals surface area (Å²) in [7, 11) is 1.66. The van der Waals surface area contributed by atoms with E-state index in [1.54, 1.807) is 12.0 Å². The zero-order valence-electron chi connectivity index (χ0n) is 18.1. The van der Waals surface area contributed by atoms with Gasteiger partial charge in [-0.05, 0) is 64.2 Å². The molecule has 29 heavy (non-hydrogen) atoms. The van der Waals surface area contributed by atoms with Gasteiger partial charge in [0, 0.05) is 32.2 Å². The molecule has 1 saturated carbocycles. The Balaban J connectivity index is 1.56. The van der Waals surface area contributed by atoms with Crippen LogP contribution in [0, 0.1) is 11.3 Å². The molecule has 1 aromatic carbocycles. The van der Waals surface area contributed by atoms with Crippen LogP contribution in [-0.2, 0) is 10.2 Å². The fourth-order valence-electron chi connectivity index (χ4n) is 4.44. The van der Waals surface area contributed by atoms with Crippen LogP contribution in [0.25, 0.3) is 0 Å². The maximum absolute atomic E-state index is 12.3. The highest BCUT2D eigenvalue weighted by Gasteiger charge is 2.39. The van der Waals surface area contributed by atoms with Gasteiger partial charge in [-0.2, -0.15) is 5.26 Å². The number of nitriles is 1. The van der Waals surface area contributed by atoms with Gasteiger partial charge >= 0.3 is 6.09 Å². The lowest BCUT2D eigenvalue weighted by Crippen LogP contribution is -2.54. The van der Waals surface area contributed by atoms with Gasteiger partial charge in [0.2, 0.25) is 0 Å². The fourth-order valence-corrected chi connectivity index (χ4v) is 4.44. The van der Waals surface area contributed by atoms with Crippen LogP contribution in [0.5, 0.6) is 5.75 Å². The molecule has 1 amide bonds. The Morgan fingerprint density at radius 2 is 1.83 bits per heavy atom. The Hall–Kier alpha value is -2.26. The van der Waals surface area contributed by atoms with E-state index in [9.17, 15) is 10.1 Å². The van der Waals surface area contributed by atoms with Crippen molar-refractivity contribution in [2.45, 2.75) is 63.5 Å². The molecule has 1 aliphatic heterocycles. The topological polar surface area (TPSA) is 65.8 Å². The SMILES string of the molecule is COc1cccc([C@]2(C#N)CC[C@H](N3CCN(C(=O)OC(C)(C)C)CC3)CC2)c1. The van der Waals surface area contributed by atoms with Crippen molar-refractivity contribution in [3.05, 3.63) is 29.8 Å². The van der Waals surface area contributed by atoms with Gasteiger partial charge in [0.15, 0.2) is 0 Å². The predicted octanol–water partition coefficient (Wildman–Crippen LogP) is 3.95. The second kappa shape index (κ2) is 8.62. The summed E-state index contributed by atoms with van der Waals surface area (Å²) >= 11 is 0. The highest BCUT2D eigenvalue weighted by Crippen LogP contribution is 2.41. The number of hydrogen-bond donors (Lipinski definition) is 0. The summed E-state index contributed by atoms with van der Waals surface area (Å²) in [6.45, 7) is 8.81. The molecule has 1 aliphatic carbocycles. The third kappa shape index (κ3) is 5.02. The molecule has 0 atom stereocenters. The Labute approximate surface area is 174 Å². The number of carbonyl (C=O) groups is 1. The summed E-state index contributed by atoms with van der Waals surface area (Å²) < 4.78 is 10.8. The lowest BCUT2D eigenvalue weighted by Gasteiger charge is -2.44. The van der Waals surface area contributed by atoms with Crippen molar-refractivity contribution in [3.8, 4) is 11.8 Å². The molecule has 0 N–H and O–H groups in total. The van der Waals surface area contributed by atoms with Crippen molar-refractivity contribution < 1.29 is 14.3 Å². The minimum atomic E-state index is -0.460. The number of hydrogen-bond acceptors (Lipinski definition) is 5. The molecule has 1 heterocycles. The average molecular weight is 400 g/mol. The normalized spacial score (nSPS) is 25.9. The quantitative estimate of drug-likeness (QED) is 0.770. The van der Waals surface area contributed by atoms with Gasteiger partial charge in [-0.1, -0.05) is 12.1 Å². The van der Waals surface area contributed by atoms with Gasteiger partial charge in [-0.15, -0.1) is 0 Å². The number of piperazine rings is 1. The van der Waals surface area contributed by atoms with E-state index in [-0.39, 0.29) is 6.09 Å². The standard InChI is InChI=1S/C23H33N3O3/c1-22(2,3)29-21(27)26-14-12-25(13-15-26)19-8-10-23(17-24,11-9-19)18-6-5-7-20(16-18)28-4/h5-7,16,19H,8-15H2,1-4H3/t19-,23+. The third-order valence-electron chi connectivity index (χ3n) is 6.13. The van der Waals surface area contributed by atoms with Crippen LogP contribution in [0.15, 0.2) is 24.3 Å². The Kier molecular flexibility index (Phi) is 6.38. The van der Waals surface area contributed by atoms with Gasteiger partial charge in [0.1, 0.15) is 11.4 Å². The van der Waals surface area contributed by atoms with E-state index in [2.05, 4.69) is 11.0 Å². The van der Waals surface area contributed by atoms with Gasteiger partial charge in [-0.3, -0.25) is 4.90 Å². The molecule has 0 unspecified atom stereocenters. The summed E-state index contributed by atoms with van der Waals surface area (Å²) in [4.78, 5) is 16.6. The van der Waals surface area contributed by atoms with Crippen LogP contribution in [0.2, 0.25) is 0 Å². The molecule has 0 spiro atoms. The Morgan fingerprint density at radius 1 is 1.17 bits per heavy atom. The van der Waals surface area contributed by atoms with Crippen molar-refractivity contribution in [3.63, 3.8) is 0 Å². The zero-order valence-corrected chi connectivity index (χ0v) is 18.1. The Bertz CT molecular complexity index is 749. The van der Waals surface area contributed by atoms with Crippen molar-refractivity contribution >= 4 is 6.09 Å². The molecule has 158 valence electrons. The van der Waals surface area contributed by atoms with Gasteiger partial charge in [0.05, 0.1) is 18.6 Å². The summed E-state index contributed by atoms with van der Waals surface area (Å²) in [5, 5.41) is 9.98. The van der Waals surface area contributed by atoms with Crippen molar-refractivity contribution in [2.24, 2.45) is 0 Å². The van der Waals surface area contributed by atoms with Crippen LogP contribution in [0.1, 0.15) is 52.0 Å². The number of ether oxygens (including phenoxy) is 2. The largest absolute Gasteiger partial charge is 0.497 e. The first kappa shape index (κ1) is 21.4. The maximum Gasteiger partial charge on any atom is 0.410 e. The van der Waals surface area contributed by atoms with Gasteiger partial charge in [-0.25, -0.2) is 4.79 Å². The first-order chi connectivity index (χ1) is 13.8. The maximum atomic E-state index is 12.3. The molecule has 0 radical (unpaired) electrons. The van der Waals surface area contributed by atoms with E-state index in [1.165, 1.54) is 0 Å². The second-order valence-corrected chi connectivity index (χ2v) is 9.16. The zero-order chi connectivity index (χ0) is 21.1. The van der Waals surface area contributed by atoms with Crippen molar-refractivity contribution in [1.82, 2.24) is 9.80 Å². The van der Waals surface area contributed by atoms with E-state index >= 15 is 0 Å². The minimum Gasteiger partial charge on any atom is -0.497 e. The molecule has 2 fully saturated rings. The van der Waals surface area contributed by atoms with Crippen LogP contribution in [-0.4, -0.2) is 60.8 Å². The van der Waals surface area contributed by atoms with E-state index in [0.717, 1.165) is 50.1 Å². The first-order valence-electron chi connectivity index (χ1n) is 10.5. The van der Waals surface area contributed by atoms with Crippen LogP contribution in [0.3, 0.4) is 0 Å². The molecule has 0 bridgehead atoms. The summed E-state index contributed by atoms with van der Waals surface area (Å²) in [5.41, 5.74) is 0.175. The molecule has 3 rings (SSSR count). The molecule has 1 aromatic rings. The monoisotopic (exact) mass is 399 g/mol. The average Bonchev–Trinajstić information content (AvgIpc) is 2.73. The number of rotatable bonds is 3. The van der Waals surface area contributed by atoms with E-state index in [1.807, 2.05) is 45.0 Å². The lowest BCUT2D eigenvalue weighted by atomic mass is 9.69. The van der Waals surface area contributed by atoms with Crippen LogP contribution < -0.4 is 4.74 Å². The minimum absolute atomic E-state index is 0.220. The number of amides is 1. The highest BCUT2D eigenvalue weighted by atomic mass is 16.6. The molecule has 0 aromatic heterocycles. The van der Waals surface area contributed by atoms with Gasteiger partial charge in [0.25, 0.3) is 0 Å². The second-order valence-electron chi connectivity index (χ2n) is 9.16. The van der Waals surface area contributed by atoms with Gasteiger partial charge < -0.3 is 14.4 Å². The fraction of sp³-hybridized carbons (Fsp3) is 0.652. The first-order valence-corrected chi connectivity index (χ1v) is 10.5. The predicted molar refractivity (Wildman–Crippen MR) is 112 cm³/mol. The molecular weight excluding hydrogens is 366 g/mol. The number of carbonyl (C=O) groups excluding carboxylic acids is 1. The highest BCUT2D eigenvalue weighted by molar-refractivity contribution is 5.68. The molecule has 6 nitrogen and oxygen atoms in total.